The van der Waals surface area contributed by atoms with Gasteiger partial charge in [-0.2, -0.15) is 0 Å². The molecule has 4 heteroatoms. The van der Waals surface area contributed by atoms with E-state index in [2.05, 4.69) is 22.6 Å². The predicted octanol–water partition coefficient (Wildman–Crippen LogP) is 1.48. The lowest BCUT2D eigenvalue weighted by Gasteiger charge is -2.02. The molecule has 0 bridgehead atoms. The molecular weight excluding hydrogens is 269 g/mol. The maximum atomic E-state index is 10.2. The number of amides is 1. The van der Waals surface area contributed by atoms with Gasteiger partial charge in [-0.25, -0.2) is 0 Å². The number of ether oxygens (including phenoxy) is 1. The van der Waals surface area contributed by atoms with Gasteiger partial charge >= 0.3 is 0 Å². The van der Waals surface area contributed by atoms with Crippen molar-refractivity contribution in [3.8, 4) is 5.75 Å². The number of carbonyl (C=O) groups excluding carboxylic acids is 1. The fourth-order valence-electron chi connectivity index (χ4n) is 0.706. The van der Waals surface area contributed by atoms with Gasteiger partial charge in [-0.3, -0.25) is 10.5 Å². The number of benzene rings is 1. The minimum Gasteiger partial charge on any atom is -0.484 e. The van der Waals surface area contributed by atoms with Gasteiger partial charge in [0.2, 0.25) is 0 Å². The van der Waals surface area contributed by atoms with Gasteiger partial charge < -0.3 is 4.74 Å². The maximum absolute atomic E-state index is 10.2. The normalized spacial score (nSPS) is 9.42. The van der Waals surface area contributed by atoms with E-state index in [1.807, 2.05) is 18.2 Å². The summed E-state index contributed by atoms with van der Waals surface area (Å²) in [7, 11) is 0. The molecule has 1 rings (SSSR count). The Morgan fingerprint density at radius 3 is 2.92 bits per heavy atom. The van der Waals surface area contributed by atoms with Crippen molar-refractivity contribution in [1.82, 2.24) is 5.73 Å². The van der Waals surface area contributed by atoms with Gasteiger partial charge in [0.15, 0.2) is 6.61 Å². The number of halogens is 1. The van der Waals surface area contributed by atoms with Crippen molar-refractivity contribution in [1.29, 1.82) is 0 Å². The first-order chi connectivity index (χ1) is 5.68. The molecule has 1 aromatic rings. The van der Waals surface area contributed by atoms with E-state index in [-0.39, 0.29) is 6.61 Å². The largest absolute Gasteiger partial charge is 0.484 e. The van der Waals surface area contributed by atoms with E-state index in [1.54, 1.807) is 6.07 Å². The fourth-order valence-corrected chi connectivity index (χ4v) is 1.22. The summed E-state index contributed by atoms with van der Waals surface area (Å²) in [4.78, 5) is 10.2. The van der Waals surface area contributed by atoms with Crippen molar-refractivity contribution < 1.29 is 9.53 Å². The van der Waals surface area contributed by atoms with Crippen LogP contribution in [0.25, 0.3) is 0 Å². The quantitative estimate of drug-likeness (QED) is 0.785. The smallest absolute Gasteiger partial charge is 0.276 e. The average Bonchev–Trinajstić information content (AvgIpc) is 2.01. The van der Waals surface area contributed by atoms with E-state index in [1.165, 1.54) is 0 Å². The van der Waals surface area contributed by atoms with Crippen LogP contribution in [-0.4, -0.2) is 12.5 Å². The van der Waals surface area contributed by atoms with Gasteiger partial charge in [-0.05, 0) is 40.8 Å². The molecule has 0 aliphatic heterocycles. The van der Waals surface area contributed by atoms with Crippen LogP contribution >= 0.6 is 22.6 Å². The number of hydrogen-bond acceptors (Lipinski definition) is 2. The fraction of sp³-hybridized carbons (Fsp3) is 0.125. The van der Waals surface area contributed by atoms with E-state index in [0.717, 1.165) is 3.57 Å². The second kappa shape index (κ2) is 4.30. The van der Waals surface area contributed by atoms with E-state index < -0.39 is 5.91 Å². The standard InChI is InChI=1S/C8H7INO2/c9-6-2-1-3-7(4-6)12-5-8(10)11/h1-4,10H,5H2. The summed E-state index contributed by atoms with van der Waals surface area (Å²) in [6, 6.07) is 7.33. The number of nitrogens with one attached hydrogen (secondary N) is 1. The summed E-state index contributed by atoms with van der Waals surface area (Å²) >= 11 is 2.15. The Morgan fingerprint density at radius 2 is 2.33 bits per heavy atom. The van der Waals surface area contributed by atoms with Gasteiger partial charge in [0, 0.05) is 3.57 Å². The zero-order valence-corrected chi connectivity index (χ0v) is 8.37. The Labute approximate surface area is 84.0 Å². The third-order valence-corrected chi connectivity index (χ3v) is 1.84. The molecule has 1 N–H and O–H groups in total. The molecule has 63 valence electrons. The lowest BCUT2D eigenvalue weighted by Crippen LogP contribution is -2.11. The van der Waals surface area contributed by atoms with Crippen molar-refractivity contribution in [2.45, 2.75) is 0 Å². The van der Waals surface area contributed by atoms with Crippen molar-refractivity contribution in [3.63, 3.8) is 0 Å². The molecular formula is C8H7INO2. The summed E-state index contributed by atoms with van der Waals surface area (Å²) in [5.74, 6) is -0.0867. The molecule has 3 nitrogen and oxygen atoms in total. The van der Waals surface area contributed by atoms with Crippen LogP contribution in [0.1, 0.15) is 0 Å². The number of rotatable bonds is 3. The first kappa shape index (κ1) is 9.31. The third kappa shape index (κ3) is 3.08. The highest BCUT2D eigenvalue weighted by atomic mass is 127. The first-order valence-corrected chi connectivity index (χ1v) is 4.39. The number of hydrogen-bond donors (Lipinski definition) is 0. The zero-order chi connectivity index (χ0) is 8.97. The zero-order valence-electron chi connectivity index (χ0n) is 6.21. The molecule has 1 amide bonds. The summed E-state index contributed by atoms with van der Waals surface area (Å²) < 4.78 is 6.05. The molecule has 1 aromatic carbocycles. The molecule has 0 aromatic heterocycles. The summed E-state index contributed by atoms with van der Waals surface area (Å²) in [5, 5.41) is 0. The van der Waals surface area contributed by atoms with Crippen LogP contribution in [0.2, 0.25) is 0 Å². The molecule has 0 atom stereocenters. The second-order valence-corrected chi connectivity index (χ2v) is 3.41. The maximum Gasteiger partial charge on any atom is 0.276 e. The molecule has 0 heterocycles. The highest BCUT2D eigenvalue weighted by molar-refractivity contribution is 14.1. The molecule has 0 spiro atoms. The molecule has 1 radical (unpaired) electrons. The predicted molar refractivity (Wildman–Crippen MR) is 52.8 cm³/mol. The van der Waals surface area contributed by atoms with E-state index in [4.69, 9.17) is 10.5 Å². The lowest BCUT2D eigenvalue weighted by atomic mass is 10.3. The molecule has 0 saturated heterocycles. The Hall–Kier alpha value is -0.780. The van der Waals surface area contributed by atoms with Gasteiger partial charge in [0.25, 0.3) is 5.91 Å². The Balaban J connectivity index is 2.57. The van der Waals surface area contributed by atoms with Crippen molar-refractivity contribution in [2.24, 2.45) is 0 Å². The van der Waals surface area contributed by atoms with E-state index >= 15 is 0 Å². The monoisotopic (exact) mass is 276 g/mol. The molecule has 0 fully saturated rings. The molecule has 12 heavy (non-hydrogen) atoms. The minimum atomic E-state index is -0.714. The van der Waals surface area contributed by atoms with Gasteiger partial charge in [-0.1, -0.05) is 6.07 Å². The van der Waals surface area contributed by atoms with Gasteiger partial charge in [-0.15, -0.1) is 0 Å². The summed E-state index contributed by atoms with van der Waals surface area (Å²) in [6.07, 6.45) is 0. The Kier molecular flexibility index (Phi) is 3.33. The highest BCUT2D eigenvalue weighted by Crippen LogP contribution is 2.14. The Morgan fingerprint density at radius 1 is 1.58 bits per heavy atom. The first-order valence-electron chi connectivity index (χ1n) is 3.31. The SMILES string of the molecule is [NH]C(=O)COc1cccc(I)c1. The van der Waals surface area contributed by atoms with Crippen LogP contribution in [0.3, 0.4) is 0 Å². The Bertz CT molecular complexity index is 288. The topological polar surface area (TPSA) is 50.1 Å². The van der Waals surface area contributed by atoms with Gasteiger partial charge in [0.1, 0.15) is 5.75 Å². The molecule has 0 aliphatic carbocycles. The highest BCUT2D eigenvalue weighted by Gasteiger charge is 1.97. The average molecular weight is 276 g/mol. The molecule has 0 unspecified atom stereocenters. The molecule has 0 aliphatic rings. The second-order valence-electron chi connectivity index (χ2n) is 2.17. The van der Waals surface area contributed by atoms with Crippen LogP contribution in [0.5, 0.6) is 5.75 Å². The van der Waals surface area contributed by atoms with Crippen molar-refractivity contribution >= 4 is 28.5 Å². The minimum absolute atomic E-state index is 0.180. The van der Waals surface area contributed by atoms with Crippen molar-refractivity contribution in [3.05, 3.63) is 27.8 Å². The number of carbonyl (C=O) groups is 1. The van der Waals surface area contributed by atoms with Crippen LogP contribution in [0.4, 0.5) is 0 Å². The summed E-state index contributed by atoms with van der Waals surface area (Å²) in [6.45, 7) is -0.180. The van der Waals surface area contributed by atoms with Crippen molar-refractivity contribution in [2.75, 3.05) is 6.61 Å². The van der Waals surface area contributed by atoms with E-state index in [9.17, 15) is 4.79 Å². The van der Waals surface area contributed by atoms with Crippen LogP contribution in [-0.2, 0) is 4.79 Å². The summed E-state index contributed by atoms with van der Waals surface area (Å²) in [5.41, 5.74) is 6.61. The van der Waals surface area contributed by atoms with Crippen LogP contribution in [0.15, 0.2) is 24.3 Å². The van der Waals surface area contributed by atoms with Crippen LogP contribution in [0, 0.1) is 3.57 Å². The lowest BCUT2D eigenvalue weighted by molar-refractivity contribution is -0.120. The molecule has 0 saturated carbocycles. The van der Waals surface area contributed by atoms with Crippen LogP contribution < -0.4 is 10.5 Å². The third-order valence-electron chi connectivity index (χ3n) is 1.17. The van der Waals surface area contributed by atoms with Gasteiger partial charge in [0.05, 0.1) is 0 Å². The van der Waals surface area contributed by atoms with E-state index in [0.29, 0.717) is 5.75 Å².